The molecule has 1 aromatic heterocycles. The number of rotatable bonds is 8. The predicted molar refractivity (Wildman–Crippen MR) is 126 cm³/mol. The van der Waals surface area contributed by atoms with Crippen LogP contribution in [-0.2, 0) is 13.0 Å². The number of aryl methyl sites for hydroxylation is 1. The summed E-state index contributed by atoms with van der Waals surface area (Å²) in [5.74, 6) is 1.91. The maximum Gasteiger partial charge on any atom is 0.191 e. The van der Waals surface area contributed by atoms with Crippen molar-refractivity contribution in [1.82, 2.24) is 20.7 Å². The Labute approximate surface area is 186 Å². The Morgan fingerprint density at radius 1 is 1.18 bits per heavy atom. The van der Waals surface area contributed by atoms with Crippen molar-refractivity contribution in [2.45, 2.75) is 45.7 Å². The van der Waals surface area contributed by atoms with Crippen molar-refractivity contribution in [3.63, 3.8) is 0 Å². The highest BCUT2D eigenvalue weighted by Crippen LogP contribution is 2.18. The Bertz CT molecular complexity index is 725. The molecule has 1 unspecified atom stereocenters. The van der Waals surface area contributed by atoms with Gasteiger partial charge in [-0.3, -0.25) is 4.99 Å². The molecule has 2 N–H and O–H groups in total. The van der Waals surface area contributed by atoms with Crippen molar-refractivity contribution < 1.29 is 4.52 Å². The second-order valence-electron chi connectivity index (χ2n) is 7.25. The van der Waals surface area contributed by atoms with Gasteiger partial charge in [-0.15, -0.1) is 24.0 Å². The molecular formula is C21H34IN5O. The topological polar surface area (TPSA) is 65.7 Å². The first-order valence-electron chi connectivity index (χ1n) is 9.59. The Morgan fingerprint density at radius 3 is 2.36 bits per heavy atom. The molecular weight excluding hydrogens is 465 g/mol. The van der Waals surface area contributed by atoms with Crippen LogP contribution in [0.25, 0.3) is 0 Å². The van der Waals surface area contributed by atoms with Crippen molar-refractivity contribution in [2.75, 3.05) is 27.7 Å². The van der Waals surface area contributed by atoms with Crippen LogP contribution in [0.4, 0.5) is 0 Å². The average Bonchev–Trinajstić information content (AvgIpc) is 3.14. The standard InChI is InChI=1S/C21H33N5O.HI/c1-7-16-8-10-17(11-9-16)20(26(5)6)14-24-21(22-4)23-13-18-12-19(15(2)3)25-27-18;/h8-12,15,20H,7,13-14H2,1-6H3,(H2,22,23,24);1H. The van der Waals surface area contributed by atoms with E-state index < -0.39 is 0 Å². The summed E-state index contributed by atoms with van der Waals surface area (Å²) in [4.78, 5) is 6.53. The molecule has 0 radical (unpaired) electrons. The average molecular weight is 499 g/mol. The van der Waals surface area contributed by atoms with Crippen LogP contribution in [0.2, 0.25) is 0 Å². The summed E-state index contributed by atoms with van der Waals surface area (Å²) in [6, 6.07) is 11.1. The number of nitrogens with one attached hydrogen (secondary N) is 2. The van der Waals surface area contributed by atoms with E-state index in [1.165, 1.54) is 11.1 Å². The third kappa shape index (κ3) is 7.09. The molecule has 6 nitrogen and oxygen atoms in total. The third-order valence-electron chi connectivity index (χ3n) is 4.68. The molecule has 7 heteroatoms. The van der Waals surface area contributed by atoms with Crippen molar-refractivity contribution >= 4 is 29.9 Å². The third-order valence-corrected chi connectivity index (χ3v) is 4.68. The SMILES string of the molecule is CCc1ccc(C(CNC(=NC)NCc2cc(C(C)C)no2)N(C)C)cc1.I. The van der Waals surface area contributed by atoms with Crippen LogP contribution in [0.15, 0.2) is 39.8 Å². The predicted octanol–water partition coefficient (Wildman–Crippen LogP) is 3.95. The monoisotopic (exact) mass is 499 g/mol. The van der Waals surface area contributed by atoms with Crippen molar-refractivity contribution in [1.29, 1.82) is 0 Å². The number of guanidine groups is 1. The minimum absolute atomic E-state index is 0. The summed E-state index contributed by atoms with van der Waals surface area (Å²) in [5, 5.41) is 10.8. The van der Waals surface area contributed by atoms with Gasteiger partial charge in [0, 0.05) is 19.7 Å². The fourth-order valence-corrected chi connectivity index (χ4v) is 2.84. The second-order valence-corrected chi connectivity index (χ2v) is 7.25. The molecule has 28 heavy (non-hydrogen) atoms. The van der Waals surface area contributed by atoms with E-state index in [9.17, 15) is 0 Å². The zero-order valence-electron chi connectivity index (χ0n) is 17.8. The summed E-state index contributed by atoms with van der Waals surface area (Å²) >= 11 is 0. The van der Waals surface area contributed by atoms with Crippen LogP contribution >= 0.6 is 24.0 Å². The summed E-state index contributed by atoms with van der Waals surface area (Å²) in [6.45, 7) is 7.69. The molecule has 1 heterocycles. The molecule has 0 fully saturated rings. The Balaban J connectivity index is 0.00000392. The number of likely N-dealkylation sites (N-methyl/N-ethyl adjacent to an activating group) is 1. The molecule has 1 aromatic carbocycles. The lowest BCUT2D eigenvalue weighted by Crippen LogP contribution is -2.41. The van der Waals surface area contributed by atoms with Gasteiger partial charge >= 0.3 is 0 Å². The summed E-state index contributed by atoms with van der Waals surface area (Å²) in [6.07, 6.45) is 1.06. The molecule has 0 aliphatic rings. The fourth-order valence-electron chi connectivity index (χ4n) is 2.84. The lowest BCUT2D eigenvalue weighted by atomic mass is 10.0. The molecule has 0 saturated heterocycles. The van der Waals surface area contributed by atoms with Crippen LogP contribution in [0.1, 0.15) is 55.3 Å². The number of benzene rings is 1. The number of hydrogen-bond acceptors (Lipinski definition) is 4. The fraction of sp³-hybridized carbons (Fsp3) is 0.524. The van der Waals surface area contributed by atoms with Crippen LogP contribution < -0.4 is 10.6 Å². The highest BCUT2D eigenvalue weighted by atomic mass is 127. The smallest absolute Gasteiger partial charge is 0.191 e. The first-order chi connectivity index (χ1) is 12.9. The minimum atomic E-state index is 0. The van der Waals surface area contributed by atoms with Crippen LogP contribution in [0, 0.1) is 0 Å². The van der Waals surface area contributed by atoms with Gasteiger partial charge in [-0.2, -0.15) is 0 Å². The highest BCUT2D eigenvalue weighted by Gasteiger charge is 2.15. The molecule has 0 saturated carbocycles. The van der Waals surface area contributed by atoms with Crippen LogP contribution in [-0.4, -0.2) is 43.7 Å². The molecule has 1 atom stereocenters. The van der Waals surface area contributed by atoms with E-state index in [-0.39, 0.29) is 30.0 Å². The zero-order valence-corrected chi connectivity index (χ0v) is 20.2. The summed E-state index contributed by atoms with van der Waals surface area (Å²) in [7, 11) is 5.96. The van der Waals surface area contributed by atoms with Crippen LogP contribution in [0.3, 0.4) is 0 Å². The maximum absolute atomic E-state index is 5.37. The summed E-state index contributed by atoms with van der Waals surface area (Å²) < 4.78 is 5.37. The molecule has 2 rings (SSSR count). The first kappa shape index (κ1) is 24.4. The number of aliphatic imine (C=N–C) groups is 1. The molecule has 0 amide bonds. The van der Waals surface area contributed by atoms with Gasteiger partial charge in [0.1, 0.15) is 0 Å². The number of nitrogens with zero attached hydrogens (tertiary/aromatic N) is 3. The van der Waals surface area contributed by atoms with E-state index in [4.69, 9.17) is 4.52 Å². The lowest BCUT2D eigenvalue weighted by Gasteiger charge is -2.26. The number of hydrogen-bond donors (Lipinski definition) is 2. The van der Waals surface area contributed by atoms with E-state index in [0.29, 0.717) is 12.5 Å². The quantitative estimate of drug-likeness (QED) is 0.327. The molecule has 0 spiro atoms. The van der Waals surface area contributed by atoms with Gasteiger partial charge in [-0.25, -0.2) is 0 Å². The van der Waals surface area contributed by atoms with Gasteiger partial charge in [0.15, 0.2) is 11.7 Å². The Hall–Kier alpha value is -1.61. The lowest BCUT2D eigenvalue weighted by molar-refractivity contribution is 0.298. The van der Waals surface area contributed by atoms with Gasteiger partial charge in [-0.05, 0) is 37.6 Å². The first-order valence-corrected chi connectivity index (χ1v) is 9.59. The largest absolute Gasteiger partial charge is 0.359 e. The van der Waals surface area contributed by atoms with Crippen molar-refractivity contribution in [3.8, 4) is 0 Å². The molecule has 0 aliphatic heterocycles. The molecule has 156 valence electrons. The Kier molecular flexibility index (Phi) is 10.5. The van der Waals surface area contributed by atoms with Gasteiger partial charge < -0.3 is 20.1 Å². The minimum Gasteiger partial charge on any atom is -0.359 e. The van der Waals surface area contributed by atoms with E-state index >= 15 is 0 Å². The van der Waals surface area contributed by atoms with E-state index in [0.717, 1.165) is 30.4 Å². The van der Waals surface area contributed by atoms with E-state index in [2.05, 4.69) is 84.8 Å². The van der Waals surface area contributed by atoms with E-state index in [1.54, 1.807) is 7.05 Å². The number of halogens is 1. The van der Waals surface area contributed by atoms with Gasteiger partial charge in [0.2, 0.25) is 0 Å². The van der Waals surface area contributed by atoms with Gasteiger partial charge in [0.25, 0.3) is 0 Å². The molecule has 0 aliphatic carbocycles. The van der Waals surface area contributed by atoms with E-state index in [1.807, 2.05) is 6.07 Å². The van der Waals surface area contributed by atoms with Crippen molar-refractivity contribution in [3.05, 3.63) is 52.9 Å². The zero-order chi connectivity index (χ0) is 19.8. The molecule has 0 bridgehead atoms. The van der Waals surface area contributed by atoms with Gasteiger partial charge in [-0.1, -0.05) is 50.2 Å². The highest BCUT2D eigenvalue weighted by molar-refractivity contribution is 14.0. The maximum atomic E-state index is 5.37. The van der Waals surface area contributed by atoms with Crippen molar-refractivity contribution in [2.24, 2.45) is 4.99 Å². The molecule has 2 aromatic rings. The van der Waals surface area contributed by atoms with Gasteiger partial charge in [0.05, 0.1) is 18.3 Å². The normalized spacial score (nSPS) is 12.8. The Morgan fingerprint density at radius 2 is 1.86 bits per heavy atom. The number of aromatic nitrogens is 1. The summed E-state index contributed by atoms with van der Waals surface area (Å²) in [5.41, 5.74) is 3.62. The van der Waals surface area contributed by atoms with Crippen LogP contribution in [0.5, 0.6) is 0 Å². The second kappa shape index (κ2) is 12.1.